The number of amides is 1. The Hall–Kier alpha value is -2.61. The van der Waals surface area contributed by atoms with E-state index >= 15 is 0 Å². The monoisotopic (exact) mass is 366 g/mol. The average Bonchev–Trinajstić information content (AvgIpc) is 2.61. The van der Waals surface area contributed by atoms with Crippen molar-refractivity contribution < 1.29 is 27.4 Å². The first-order valence-electron chi connectivity index (χ1n) is 8.09. The van der Waals surface area contributed by atoms with Crippen LogP contribution in [0.2, 0.25) is 0 Å². The fourth-order valence-electron chi connectivity index (χ4n) is 2.93. The minimum Gasteiger partial charge on any atom is -0.619 e. The van der Waals surface area contributed by atoms with Gasteiger partial charge in [0.2, 0.25) is 0 Å². The van der Waals surface area contributed by atoms with E-state index in [1.54, 1.807) is 17.0 Å². The lowest BCUT2D eigenvalue weighted by molar-refractivity contribution is -0.605. The van der Waals surface area contributed by atoms with Gasteiger partial charge in [-0.2, -0.15) is 17.9 Å². The molecule has 5 nitrogen and oxygen atoms in total. The van der Waals surface area contributed by atoms with Crippen molar-refractivity contribution in [3.05, 3.63) is 70.7 Å². The van der Waals surface area contributed by atoms with Crippen LogP contribution in [0.4, 0.5) is 13.2 Å². The molecule has 1 fully saturated rings. The molecule has 1 amide bonds. The molecule has 0 bridgehead atoms. The first-order valence-corrected chi connectivity index (χ1v) is 8.09. The molecule has 1 aromatic heterocycles. The van der Waals surface area contributed by atoms with Gasteiger partial charge in [-0.3, -0.25) is 4.79 Å². The van der Waals surface area contributed by atoms with Crippen molar-refractivity contribution in [2.75, 3.05) is 19.7 Å². The highest BCUT2D eigenvalue weighted by atomic mass is 19.4. The fourth-order valence-corrected chi connectivity index (χ4v) is 2.93. The summed E-state index contributed by atoms with van der Waals surface area (Å²) in [5, 5.41) is 11.3. The molecular formula is C18H17F3N2O3. The number of halogens is 3. The first kappa shape index (κ1) is 18.2. The van der Waals surface area contributed by atoms with Crippen LogP contribution in [0.25, 0.3) is 0 Å². The van der Waals surface area contributed by atoms with Gasteiger partial charge < -0.3 is 14.8 Å². The number of hydrogen-bond donors (Lipinski definition) is 0. The summed E-state index contributed by atoms with van der Waals surface area (Å²) in [6.45, 7) is 0.911. The largest absolute Gasteiger partial charge is 0.619 e. The molecule has 2 aromatic rings. The van der Waals surface area contributed by atoms with Gasteiger partial charge in [-0.05, 0) is 17.7 Å². The number of ether oxygens (including phenoxy) is 1. The molecule has 0 spiro atoms. The summed E-state index contributed by atoms with van der Waals surface area (Å²) in [5.74, 6) is -0.299. The van der Waals surface area contributed by atoms with Crippen LogP contribution in [0.3, 0.4) is 0 Å². The summed E-state index contributed by atoms with van der Waals surface area (Å²) in [6.07, 6.45) is -2.05. The molecule has 1 aromatic carbocycles. The van der Waals surface area contributed by atoms with Crippen molar-refractivity contribution in [1.29, 1.82) is 0 Å². The van der Waals surface area contributed by atoms with Crippen LogP contribution >= 0.6 is 0 Å². The summed E-state index contributed by atoms with van der Waals surface area (Å²) in [7, 11) is 0. The lowest BCUT2D eigenvalue weighted by atomic mass is 10.0. The van der Waals surface area contributed by atoms with Gasteiger partial charge in [0, 0.05) is 25.6 Å². The molecule has 1 aliphatic rings. The highest BCUT2D eigenvalue weighted by Gasteiger charge is 2.31. The molecule has 2 heterocycles. The Kier molecular flexibility index (Phi) is 5.13. The molecule has 1 aliphatic heterocycles. The quantitative estimate of drug-likeness (QED) is 0.619. The smallest absolute Gasteiger partial charge is 0.416 e. The Morgan fingerprint density at radius 2 is 2.12 bits per heavy atom. The SMILES string of the molecule is O=C(c1ccc[n+]([O-])c1)N1CCOC(Cc2cccc(C(F)(F)F)c2)C1. The molecule has 138 valence electrons. The molecular weight excluding hydrogens is 349 g/mol. The van der Waals surface area contributed by atoms with Gasteiger partial charge in [0.05, 0.1) is 18.3 Å². The lowest BCUT2D eigenvalue weighted by Gasteiger charge is -2.33. The van der Waals surface area contributed by atoms with E-state index in [1.165, 1.54) is 24.5 Å². The molecule has 1 unspecified atom stereocenters. The van der Waals surface area contributed by atoms with Crippen LogP contribution in [-0.2, 0) is 17.3 Å². The normalized spacial score (nSPS) is 18.0. The van der Waals surface area contributed by atoms with E-state index < -0.39 is 17.8 Å². The third-order valence-electron chi connectivity index (χ3n) is 4.17. The third-order valence-corrected chi connectivity index (χ3v) is 4.17. The molecule has 8 heteroatoms. The Morgan fingerprint density at radius 1 is 1.31 bits per heavy atom. The molecule has 0 aliphatic carbocycles. The van der Waals surface area contributed by atoms with E-state index in [2.05, 4.69) is 0 Å². The maximum atomic E-state index is 12.8. The summed E-state index contributed by atoms with van der Waals surface area (Å²) in [4.78, 5) is 14.1. The van der Waals surface area contributed by atoms with Gasteiger partial charge in [-0.15, -0.1) is 0 Å². The molecule has 1 atom stereocenters. The van der Waals surface area contributed by atoms with E-state index in [9.17, 15) is 23.2 Å². The first-order chi connectivity index (χ1) is 12.3. The molecule has 0 N–H and O–H groups in total. The second-order valence-corrected chi connectivity index (χ2v) is 6.10. The summed E-state index contributed by atoms with van der Waals surface area (Å²) < 4.78 is 44.6. The van der Waals surface area contributed by atoms with E-state index in [0.717, 1.165) is 12.1 Å². The molecule has 3 rings (SSSR count). The Morgan fingerprint density at radius 3 is 2.85 bits per heavy atom. The van der Waals surface area contributed by atoms with Gasteiger partial charge in [0.15, 0.2) is 12.4 Å². The molecule has 0 saturated carbocycles. The van der Waals surface area contributed by atoms with E-state index in [4.69, 9.17) is 4.74 Å². The summed E-state index contributed by atoms with van der Waals surface area (Å²) >= 11 is 0. The minimum atomic E-state index is -4.40. The molecule has 1 saturated heterocycles. The number of benzene rings is 1. The molecule has 0 radical (unpaired) electrons. The van der Waals surface area contributed by atoms with Crippen LogP contribution in [0.5, 0.6) is 0 Å². The zero-order valence-electron chi connectivity index (χ0n) is 13.8. The number of nitrogens with zero attached hydrogens (tertiary/aromatic N) is 2. The van der Waals surface area contributed by atoms with Crippen molar-refractivity contribution >= 4 is 5.91 Å². The minimum absolute atomic E-state index is 0.253. The average molecular weight is 366 g/mol. The van der Waals surface area contributed by atoms with Crippen molar-refractivity contribution in [3.63, 3.8) is 0 Å². The van der Waals surface area contributed by atoms with Gasteiger partial charge in [0.25, 0.3) is 5.91 Å². The molecule has 26 heavy (non-hydrogen) atoms. The maximum absolute atomic E-state index is 12.8. The van der Waals surface area contributed by atoms with E-state index in [-0.39, 0.29) is 24.4 Å². The Balaban J connectivity index is 1.68. The van der Waals surface area contributed by atoms with Crippen LogP contribution in [0, 0.1) is 5.21 Å². The van der Waals surface area contributed by atoms with Gasteiger partial charge >= 0.3 is 6.18 Å². The number of aromatic nitrogens is 1. The van der Waals surface area contributed by atoms with Crippen molar-refractivity contribution in [3.8, 4) is 0 Å². The van der Waals surface area contributed by atoms with Gasteiger partial charge in [-0.1, -0.05) is 18.2 Å². The topological polar surface area (TPSA) is 56.5 Å². The van der Waals surface area contributed by atoms with Crippen LogP contribution in [-0.4, -0.2) is 36.6 Å². The summed E-state index contributed by atoms with van der Waals surface area (Å²) in [5.41, 5.74) is 0.0569. The summed E-state index contributed by atoms with van der Waals surface area (Å²) in [6, 6.07) is 8.13. The Bertz CT molecular complexity index is 795. The Labute approximate surface area is 148 Å². The van der Waals surface area contributed by atoms with Crippen LogP contribution in [0.1, 0.15) is 21.5 Å². The standard InChI is InChI=1S/C18H17F3N2O3/c19-18(20,21)15-5-1-3-13(9-15)10-16-12-22(7-8-26-16)17(24)14-4-2-6-23(25)11-14/h1-6,9,11,16H,7-8,10,12H2. The van der Waals surface area contributed by atoms with Crippen molar-refractivity contribution in [2.45, 2.75) is 18.7 Å². The maximum Gasteiger partial charge on any atom is 0.416 e. The highest BCUT2D eigenvalue weighted by molar-refractivity contribution is 5.93. The van der Waals surface area contributed by atoms with E-state index in [0.29, 0.717) is 23.4 Å². The second kappa shape index (κ2) is 7.33. The number of carbonyl (C=O) groups excluding carboxylic acids is 1. The van der Waals surface area contributed by atoms with Crippen LogP contribution in [0.15, 0.2) is 48.8 Å². The van der Waals surface area contributed by atoms with Crippen LogP contribution < -0.4 is 4.73 Å². The number of morpholine rings is 1. The van der Waals surface area contributed by atoms with E-state index in [1.807, 2.05) is 0 Å². The number of carbonyl (C=O) groups is 1. The zero-order chi connectivity index (χ0) is 18.7. The number of pyridine rings is 1. The fraction of sp³-hybridized carbons (Fsp3) is 0.333. The van der Waals surface area contributed by atoms with Crippen molar-refractivity contribution in [1.82, 2.24) is 4.90 Å². The number of hydrogen-bond acceptors (Lipinski definition) is 3. The number of alkyl halides is 3. The predicted molar refractivity (Wildman–Crippen MR) is 86.2 cm³/mol. The lowest BCUT2D eigenvalue weighted by Crippen LogP contribution is -2.46. The predicted octanol–water partition coefficient (Wildman–Crippen LogP) is 2.42. The number of rotatable bonds is 3. The highest BCUT2D eigenvalue weighted by Crippen LogP contribution is 2.30. The third kappa shape index (κ3) is 4.32. The van der Waals surface area contributed by atoms with Crippen molar-refractivity contribution in [2.24, 2.45) is 0 Å². The zero-order valence-corrected chi connectivity index (χ0v) is 13.8. The van der Waals surface area contributed by atoms with Gasteiger partial charge in [0.1, 0.15) is 5.56 Å². The second-order valence-electron chi connectivity index (χ2n) is 6.10. The van der Waals surface area contributed by atoms with Gasteiger partial charge in [-0.25, -0.2) is 0 Å².